The molecule has 21 rings (SSSR count). The van der Waals surface area contributed by atoms with Crippen molar-refractivity contribution in [3.63, 3.8) is 0 Å². The summed E-state index contributed by atoms with van der Waals surface area (Å²) in [7, 11) is -1.79. The fraction of sp³-hybridized carbons (Fsp3) is 0. The largest absolute Gasteiger partial charge is 0.488 e. The van der Waals surface area contributed by atoms with Crippen LogP contribution < -0.4 is 21.4 Å². The minimum Gasteiger partial charge on any atom is -0.423 e. The maximum Gasteiger partial charge on any atom is 0.488 e. The molecule has 0 aliphatic rings. The average molecular weight is 2010 g/mol. The lowest BCUT2D eigenvalue weighted by Gasteiger charge is -2.18. The van der Waals surface area contributed by atoms with Gasteiger partial charge in [0.2, 0.25) is 0 Å². The van der Waals surface area contributed by atoms with Crippen molar-refractivity contribution < 1.29 is 19.9 Å². The Kier molecular flexibility index (Phi) is 31.6. The summed E-state index contributed by atoms with van der Waals surface area (Å²) in [4.78, 5) is 24.6. The number of nitro groups is 2. The van der Waals surface area contributed by atoms with Gasteiger partial charge in [-0.1, -0.05) is 402 Å². The van der Waals surface area contributed by atoms with Crippen LogP contribution >= 0.6 is 78.3 Å². The molecule has 0 aliphatic heterocycles. The number of hydrogen-bond acceptors (Lipinski definition) is 6. The fourth-order valence-corrected chi connectivity index (χ4v) is 18.8. The van der Waals surface area contributed by atoms with E-state index < -0.39 is 20.0 Å². The summed E-state index contributed by atoms with van der Waals surface area (Å²) in [5, 5.41) is 48.4. The summed E-state index contributed by atoms with van der Waals surface area (Å²) in [6.07, 6.45) is 0. The Hall–Kier alpha value is -13.8. The van der Waals surface area contributed by atoms with E-state index in [1.165, 1.54) is 119 Å². The zero-order valence-corrected chi connectivity index (χ0v) is 78.0. The summed E-state index contributed by atoms with van der Waals surface area (Å²) in [6, 6.07) is 166. The van der Waals surface area contributed by atoms with E-state index in [-0.39, 0.29) is 16.3 Å². The van der Waals surface area contributed by atoms with Crippen LogP contribution in [0.1, 0.15) is 0 Å². The van der Waals surface area contributed by atoms with Crippen LogP contribution in [0.25, 0.3) is 127 Å². The first-order chi connectivity index (χ1) is 63.6. The van der Waals surface area contributed by atoms with E-state index >= 15 is 0 Å². The number of aromatic amines is 1. The number of nitrogens with one attached hydrogen (secondary N) is 1. The molecule has 130 heavy (non-hydrogen) atoms. The molecule has 19 aromatic carbocycles. The first-order valence-electron chi connectivity index (χ1n) is 41.9. The van der Waals surface area contributed by atoms with E-state index in [1.54, 1.807) is 48.5 Å². The van der Waals surface area contributed by atoms with E-state index in [1.807, 2.05) is 109 Å². The van der Waals surface area contributed by atoms with Crippen molar-refractivity contribution in [2.75, 3.05) is 0 Å². The van der Waals surface area contributed by atoms with Gasteiger partial charge in [-0.25, -0.2) is 0 Å². The molecule has 632 valence electrons. The number of halogens is 4. The Morgan fingerprint density at radius 2 is 0.600 bits per heavy atom. The predicted octanol–water partition coefficient (Wildman–Crippen LogP) is 30.4. The van der Waals surface area contributed by atoms with Crippen molar-refractivity contribution >= 4 is 162 Å². The van der Waals surface area contributed by atoms with Crippen LogP contribution in [-0.4, -0.2) is 36.6 Å². The third-order valence-electron chi connectivity index (χ3n) is 21.5. The molecular weight excluding hydrogens is 1930 g/mol. The van der Waals surface area contributed by atoms with Crippen LogP contribution in [0.5, 0.6) is 0 Å². The SMILES string of the molecule is Brc1ccc(-c2ccc(-n3c4ccccc4c4cc(-c5ccccc5)ccc43)cc2)cc1.Brc1ccc(-c2ccc(I)cc2)cc1.O=[N+]([O-])c1ccc(-c2ccccc2)cc1-c1ccccc1.O=[N+]([O-])c1ccc(-c2ccccc2)cc1Br.OB(O)c1ccccc1.c1ccc(-c2ccc3[nH]c4ccccc4c3c2)cc1.c1ccc(P(c2ccccc2)c2ccccc2)cc1. The molecule has 2 aromatic heterocycles. The second kappa shape index (κ2) is 45.2. The zero-order chi connectivity index (χ0) is 89.9. The van der Waals surface area contributed by atoms with Gasteiger partial charge in [0.1, 0.15) is 0 Å². The molecule has 10 nitrogen and oxygen atoms in total. The maximum absolute atomic E-state index is 11.2. The molecule has 21 aromatic rings. The molecule has 0 atom stereocenters. The van der Waals surface area contributed by atoms with Crippen molar-refractivity contribution in [2.45, 2.75) is 0 Å². The molecule has 3 N–H and O–H groups in total. The van der Waals surface area contributed by atoms with Gasteiger partial charge in [-0.05, 0) is 249 Å². The Bertz CT molecular complexity index is 7120. The number of nitrogens with zero attached hydrogens (tertiary/aromatic N) is 3. The molecule has 2 heterocycles. The lowest BCUT2D eigenvalue weighted by Crippen LogP contribution is -2.29. The molecule has 0 radical (unpaired) electrons. The zero-order valence-electron chi connectivity index (χ0n) is 70.2. The molecule has 0 spiro atoms. The van der Waals surface area contributed by atoms with Gasteiger partial charge in [-0.2, -0.15) is 0 Å². The highest BCUT2D eigenvalue weighted by molar-refractivity contribution is 14.1. The average Bonchev–Trinajstić information content (AvgIpc) is 1.58. The van der Waals surface area contributed by atoms with Crippen molar-refractivity contribution in [2.24, 2.45) is 0 Å². The second-order valence-corrected chi connectivity index (χ2v) is 36.1. The smallest absolute Gasteiger partial charge is 0.423 e. The third kappa shape index (κ3) is 23.7. The number of benzene rings is 19. The van der Waals surface area contributed by atoms with Crippen LogP contribution in [0, 0.1) is 23.8 Å². The summed E-state index contributed by atoms with van der Waals surface area (Å²) in [5.41, 5.74) is 22.2. The summed E-state index contributed by atoms with van der Waals surface area (Å²) in [5.74, 6) is 0. The minimum absolute atomic E-state index is 0.0830. The molecular formula is C114H84BBr3IN4O6P. The Morgan fingerprint density at radius 3 is 1.03 bits per heavy atom. The second-order valence-electron chi connectivity index (χ2n) is 30.0. The van der Waals surface area contributed by atoms with Gasteiger partial charge in [-0.15, -0.1) is 0 Å². The number of nitro benzene ring substituents is 2. The van der Waals surface area contributed by atoms with Gasteiger partial charge in [0.05, 0.1) is 30.9 Å². The van der Waals surface area contributed by atoms with Gasteiger partial charge in [0.15, 0.2) is 0 Å². The summed E-state index contributed by atoms with van der Waals surface area (Å²) < 4.78 is 6.34. The number of fused-ring (bicyclic) bond motifs is 6. The molecule has 0 fully saturated rings. The predicted molar refractivity (Wildman–Crippen MR) is 565 cm³/mol. The minimum atomic E-state index is -1.34. The standard InChI is InChI=1S/C30H20BrN.C18H13NO2.C18H13N.C18H15P.C12H8BrI.C12H8BrNO2.C6H7BO2/c31-25-15-10-22(11-16-25)23-12-17-26(18-13-23)32-29-9-5-4-8-27(29)28-20-24(14-19-30(28)32)21-6-2-1-3-7-21;20-19(21)18-12-11-16(14-7-3-1-4-8-14)13-17(18)15-9-5-2-6-10-15;1-2-6-13(7-3-1)14-10-11-18-16(12-14)15-8-4-5-9-17(15)19-18;1-4-10-16(11-5-1)19(17-12-6-2-7-13-17)18-14-8-3-9-15-18;13-11-5-1-9(2-6-11)10-3-7-12(14)8-4-10;13-11-8-10(6-7-12(11)14(15)16)9-4-2-1-3-5-9;8-7(9)6-4-2-1-3-5-6/h1-20H;1-13H;1-12,19H;1-15H;1-8H;1-8H;1-5,8-9H. The molecule has 0 saturated heterocycles. The van der Waals surface area contributed by atoms with E-state index in [2.05, 4.69) is 408 Å². The van der Waals surface area contributed by atoms with Crippen LogP contribution in [0.2, 0.25) is 0 Å². The number of aromatic nitrogens is 2. The molecule has 0 saturated carbocycles. The van der Waals surface area contributed by atoms with Gasteiger partial charge >= 0.3 is 7.12 Å². The highest BCUT2D eigenvalue weighted by atomic mass is 127. The van der Waals surface area contributed by atoms with Crippen LogP contribution in [0.4, 0.5) is 11.4 Å². The molecule has 0 aliphatic carbocycles. The highest BCUT2D eigenvalue weighted by Gasteiger charge is 2.20. The van der Waals surface area contributed by atoms with Crippen LogP contribution in [0.15, 0.2) is 505 Å². The Morgan fingerprint density at radius 1 is 0.285 bits per heavy atom. The van der Waals surface area contributed by atoms with Crippen molar-refractivity contribution in [1.82, 2.24) is 9.55 Å². The normalized spacial score (nSPS) is 10.6. The van der Waals surface area contributed by atoms with Crippen molar-refractivity contribution in [1.29, 1.82) is 0 Å². The lowest BCUT2D eigenvalue weighted by molar-refractivity contribution is -0.385. The first kappa shape index (κ1) is 90.9. The van der Waals surface area contributed by atoms with Crippen LogP contribution in [0.3, 0.4) is 0 Å². The van der Waals surface area contributed by atoms with E-state index in [0.717, 1.165) is 36.8 Å². The van der Waals surface area contributed by atoms with Crippen LogP contribution in [-0.2, 0) is 0 Å². The topological polar surface area (TPSA) is 147 Å². The number of H-pyrrole nitrogens is 1. The number of para-hydroxylation sites is 2. The molecule has 0 unspecified atom stereocenters. The molecule has 16 heteroatoms. The molecule has 0 bridgehead atoms. The Labute approximate surface area is 796 Å². The highest BCUT2D eigenvalue weighted by Crippen LogP contribution is 2.40. The number of hydrogen-bond donors (Lipinski definition) is 3. The summed E-state index contributed by atoms with van der Waals surface area (Å²) >= 11 is 12.5. The molecule has 0 amide bonds. The fourth-order valence-electron chi connectivity index (χ4n) is 15.1. The van der Waals surface area contributed by atoms with Gasteiger partial charge in [-0.3, -0.25) is 20.2 Å². The Balaban J connectivity index is 0.000000120. The quantitative estimate of drug-likeness (QED) is 0.0325. The third-order valence-corrected chi connectivity index (χ3v) is 26.4. The number of rotatable bonds is 14. The van der Waals surface area contributed by atoms with Gasteiger partial charge < -0.3 is 19.6 Å². The van der Waals surface area contributed by atoms with Gasteiger partial charge in [0.25, 0.3) is 11.4 Å². The van der Waals surface area contributed by atoms with Crippen molar-refractivity contribution in [3.05, 3.63) is 529 Å². The van der Waals surface area contributed by atoms with E-state index in [4.69, 9.17) is 10.0 Å². The monoisotopic (exact) mass is 2010 g/mol. The van der Waals surface area contributed by atoms with Crippen molar-refractivity contribution in [3.8, 4) is 83.6 Å². The van der Waals surface area contributed by atoms with E-state index in [0.29, 0.717) is 15.5 Å². The summed E-state index contributed by atoms with van der Waals surface area (Å²) in [6.45, 7) is 0. The maximum atomic E-state index is 11.2. The van der Waals surface area contributed by atoms with Gasteiger partial charge in [0, 0.05) is 62.9 Å². The van der Waals surface area contributed by atoms with E-state index in [9.17, 15) is 20.2 Å². The first-order valence-corrected chi connectivity index (χ1v) is 46.7. The lowest BCUT2D eigenvalue weighted by atomic mass is 9.81.